The van der Waals surface area contributed by atoms with Crippen molar-refractivity contribution >= 4 is 33.7 Å². The quantitative estimate of drug-likeness (QED) is 0.674. The van der Waals surface area contributed by atoms with Crippen LogP contribution in [0.3, 0.4) is 0 Å². The van der Waals surface area contributed by atoms with E-state index in [1.165, 1.54) is 5.69 Å². The second-order valence-electron chi connectivity index (χ2n) is 7.86. The molecule has 0 aliphatic carbocycles. The number of benzene rings is 1. The number of morpholine rings is 1. The van der Waals surface area contributed by atoms with Crippen molar-refractivity contribution < 1.29 is 9.84 Å². The smallest absolute Gasteiger partial charge is 0.140 e. The van der Waals surface area contributed by atoms with Gasteiger partial charge >= 0.3 is 0 Å². The minimum absolute atomic E-state index is 0.442. The Labute approximate surface area is 180 Å². The van der Waals surface area contributed by atoms with E-state index in [2.05, 4.69) is 42.9 Å². The van der Waals surface area contributed by atoms with Crippen molar-refractivity contribution in [3.8, 4) is 0 Å². The molecule has 0 bridgehead atoms. The Balaban J connectivity index is 1.34. The molecule has 0 radical (unpaired) electrons. The predicted octanol–water partition coefficient (Wildman–Crippen LogP) is 2.73. The Morgan fingerprint density at radius 3 is 2.80 bits per heavy atom. The maximum Gasteiger partial charge on any atom is 0.140 e. The van der Waals surface area contributed by atoms with Crippen LogP contribution in [-0.4, -0.2) is 72.6 Å². The number of rotatable bonds is 5. The topological polar surface area (TPSA) is 65.0 Å². The summed E-state index contributed by atoms with van der Waals surface area (Å²) in [6, 6.07) is 10.5. The molecular formula is C22H27N5O2S. The van der Waals surface area contributed by atoms with Gasteiger partial charge in [-0.2, -0.15) is 0 Å². The molecule has 1 N–H and O–H groups in total. The number of anilines is 2. The summed E-state index contributed by atoms with van der Waals surface area (Å²) in [6.07, 6.45) is 2.28. The number of aliphatic hydroxyl groups excluding tert-OH is 1. The molecule has 30 heavy (non-hydrogen) atoms. The summed E-state index contributed by atoms with van der Waals surface area (Å²) in [4.78, 5) is 17.2. The largest absolute Gasteiger partial charge is 0.386 e. The molecule has 2 fully saturated rings. The molecule has 0 spiro atoms. The van der Waals surface area contributed by atoms with Crippen molar-refractivity contribution in [1.82, 2.24) is 14.9 Å². The minimum atomic E-state index is -0.442. The van der Waals surface area contributed by atoms with Gasteiger partial charge < -0.3 is 19.6 Å². The van der Waals surface area contributed by atoms with E-state index in [9.17, 15) is 5.11 Å². The lowest BCUT2D eigenvalue weighted by molar-refractivity contribution is 0.107. The summed E-state index contributed by atoms with van der Waals surface area (Å²) in [5.41, 5.74) is 2.16. The summed E-state index contributed by atoms with van der Waals surface area (Å²) in [5.74, 6) is 0.976. The molecule has 1 unspecified atom stereocenters. The van der Waals surface area contributed by atoms with E-state index in [0.717, 1.165) is 74.1 Å². The van der Waals surface area contributed by atoms with Crippen molar-refractivity contribution in [3.05, 3.63) is 46.9 Å². The van der Waals surface area contributed by atoms with E-state index < -0.39 is 6.10 Å². The second-order valence-corrected chi connectivity index (χ2v) is 8.84. The van der Waals surface area contributed by atoms with Gasteiger partial charge in [-0.3, -0.25) is 4.90 Å². The van der Waals surface area contributed by atoms with Gasteiger partial charge in [-0.1, -0.05) is 6.07 Å². The van der Waals surface area contributed by atoms with Crippen LogP contribution in [0.2, 0.25) is 0 Å². The SMILES string of the molecule is OC(CN1CCCN(c2ncnc3cc(N4CCOCC4)ccc23)C1)c1cccs1. The Kier molecular flexibility index (Phi) is 5.81. The lowest BCUT2D eigenvalue weighted by Crippen LogP contribution is -2.46. The van der Waals surface area contributed by atoms with E-state index in [0.29, 0.717) is 6.54 Å². The maximum absolute atomic E-state index is 10.6. The van der Waals surface area contributed by atoms with Crippen molar-refractivity contribution in [1.29, 1.82) is 0 Å². The summed E-state index contributed by atoms with van der Waals surface area (Å²) < 4.78 is 5.47. The van der Waals surface area contributed by atoms with E-state index in [-0.39, 0.29) is 0 Å². The Morgan fingerprint density at radius 1 is 1.07 bits per heavy atom. The fourth-order valence-corrected chi connectivity index (χ4v) is 5.01. The summed E-state index contributed by atoms with van der Waals surface area (Å²) in [7, 11) is 0. The number of nitrogens with zero attached hydrogens (tertiary/aromatic N) is 5. The van der Waals surface area contributed by atoms with Gasteiger partial charge in [-0.15, -0.1) is 11.3 Å². The highest BCUT2D eigenvalue weighted by Gasteiger charge is 2.23. The second kappa shape index (κ2) is 8.85. The number of β-amino-alcohol motifs (C(OH)–C–C–N with tert-alkyl or cyclic N) is 1. The van der Waals surface area contributed by atoms with Gasteiger partial charge in [0.15, 0.2) is 0 Å². The van der Waals surface area contributed by atoms with Crippen LogP contribution in [0.25, 0.3) is 10.9 Å². The van der Waals surface area contributed by atoms with Gasteiger partial charge in [-0.25, -0.2) is 9.97 Å². The molecule has 4 heterocycles. The van der Waals surface area contributed by atoms with Crippen molar-refractivity contribution in [3.63, 3.8) is 0 Å². The zero-order valence-electron chi connectivity index (χ0n) is 17.0. The van der Waals surface area contributed by atoms with Gasteiger partial charge in [0.25, 0.3) is 0 Å². The number of fused-ring (bicyclic) bond motifs is 1. The van der Waals surface area contributed by atoms with Crippen molar-refractivity contribution in [2.24, 2.45) is 0 Å². The number of aliphatic hydroxyl groups is 1. The van der Waals surface area contributed by atoms with Crippen LogP contribution in [0.1, 0.15) is 17.4 Å². The van der Waals surface area contributed by atoms with Crippen LogP contribution in [0.15, 0.2) is 42.0 Å². The fraction of sp³-hybridized carbons (Fsp3) is 0.455. The third-order valence-electron chi connectivity index (χ3n) is 5.85. The first-order valence-corrected chi connectivity index (χ1v) is 11.4. The summed E-state index contributed by atoms with van der Waals surface area (Å²) in [5, 5.41) is 13.6. The van der Waals surface area contributed by atoms with Crippen LogP contribution < -0.4 is 9.80 Å². The van der Waals surface area contributed by atoms with Crippen molar-refractivity contribution in [2.75, 3.05) is 62.4 Å². The van der Waals surface area contributed by atoms with Gasteiger partial charge in [0.2, 0.25) is 0 Å². The Morgan fingerprint density at radius 2 is 1.97 bits per heavy atom. The summed E-state index contributed by atoms with van der Waals surface area (Å²) in [6.45, 7) is 6.73. The minimum Gasteiger partial charge on any atom is -0.386 e. The average Bonchev–Trinajstić information content (AvgIpc) is 3.34. The lowest BCUT2D eigenvalue weighted by atomic mass is 10.1. The highest BCUT2D eigenvalue weighted by Crippen LogP contribution is 2.29. The molecule has 8 heteroatoms. The molecule has 7 nitrogen and oxygen atoms in total. The number of hydrogen-bond acceptors (Lipinski definition) is 8. The molecule has 2 aliphatic heterocycles. The average molecular weight is 426 g/mol. The van der Waals surface area contributed by atoms with E-state index in [4.69, 9.17) is 4.74 Å². The van der Waals surface area contributed by atoms with Crippen LogP contribution >= 0.6 is 11.3 Å². The van der Waals surface area contributed by atoms with Gasteiger partial charge in [-0.05, 0) is 36.1 Å². The number of ether oxygens (including phenoxy) is 1. The number of hydrogen-bond donors (Lipinski definition) is 1. The molecule has 158 valence electrons. The van der Waals surface area contributed by atoms with Crippen LogP contribution in [0.4, 0.5) is 11.5 Å². The van der Waals surface area contributed by atoms with Gasteiger partial charge in [0.1, 0.15) is 18.2 Å². The molecule has 0 saturated carbocycles. The van der Waals surface area contributed by atoms with Crippen LogP contribution in [0, 0.1) is 0 Å². The predicted molar refractivity (Wildman–Crippen MR) is 120 cm³/mol. The number of aromatic nitrogens is 2. The monoisotopic (exact) mass is 425 g/mol. The highest BCUT2D eigenvalue weighted by atomic mass is 32.1. The summed E-state index contributed by atoms with van der Waals surface area (Å²) >= 11 is 1.61. The molecular weight excluding hydrogens is 398 g/mol. The Bertz CT molecular complexity index is 977. The first-order chi connectivity index (χ1) is 14.8. The first kappa shape index (κ1) is 19.7. The normalized spacial score (nSPS) is 19.4. The number of thiophene rings is 1. The molecule has 0 amide bonds. The van der Waals surface area contributed by atoms with Gasteiger partial charge in [0, 0.05) is 48.7 Å². The molecule has 5 rings (SSSR count). The molecule has 3 aromatic rings. The van der Waals surface area contributed by atoms with E-state index in [1.54, 1.807) is 17.7 Å². The maximum atomic E-state index is 10.6. The Hall–Kier alpha value is -2.26. The fourth-order valence-electron chi connectivity index (χ4n) is 4.31. The molecule has 1 aromatic carbocycles. The van der Waals surface area contributed by atoms with E-state index in [1.807, 2.05) is 17.5 Å². The zero-order valence-corrected chi connectivity index (χ0v) is 17.8. The molecule has 2 saturated heterocycles. The highest BCUT2D eigenvalue weighted by molar-refractivity contribution is 7.10. The van der Waals surface area contributed by atoms with Crippen LogP contribution in [0.5, 0.6) is 0 Å². The molecule has 1 atom stereocenters. The third kappa shape index (κ3) is 4.13. The van der Waals surface area contributed by atoms with Gasteiger partial charge in [0.05, 0.1) is 25.4 Å². The lowest BCUT2D eigenvalue weighted by Gasteiger charge is -2.37. The standard InChI is InChI=1S/C22H27N5O2S/c28-20(21-3-1-12-30-21)14-25-6-2-7-27(16-25)22-18-5-4-17(13-19(18)23-15-24-22)26-8-10-29-11-9-26/h1,3-5,12-13,15,20,28H,2,6-11,14,16H2. The zero-order chi connectivity index (χ0) is 20.3. The van der Waals surface area contributed by atoms with Crippen LogP contribution in [-0.2, 0) is 4.74 Å². The van der Waals surface area contributed by atoms with Crippen molar-refractivity contribution in [2.45, 2.75) is 12.5 Å². The first-order valence-electron chi connectivity index (χ1n) is 10.5. The van der Waals surface area contributed by atoms with E-state index >= 15 is 0 Å². The molecule has 2 aliphatic rings. The molecule has 2 aromatic heterocycles. The third-order valence-corrected chi connectivity index (χ3v) is 6.82.